The molecule has 0 aliphatic heterocycles. The Bertz CT molecular complexity index is 235. The zero-order valence-electron chi connectivity index (χ0n) is 5.78. The van der Waals surface area contributed by atoms with Crippen LogP contribution < -0.4 is 0 Å². The summed E-state index contributed by atoms with van der Waals surface area (Å²) in [5.41, 5.74) is 2.44. The molecule has 1 rings (SSSR count). The zero-order valence-corrected chi connectivity index (χ0v) is 8.95. The van der Waals surface area contributed by atoms with Gasteiger partial charge in [0.1, 0.15) is 9.21 Å². The van der Waals surface area contributed by atoms with Gasteiger partial charge >= 0.3 is 0 Å². The van der Waals surface area contributed by atoms with Gasteiger partial charge in [-0.3, -0.25) is 0 Å². The molecular weight excluding hydrogens is 258 g/mol. The molecule has 0 fully saturated rings. The van der Waals surface area contributed by atoms with Gasteiger partial charge in [0, 0.05) is 0 Å². The highest BCUT2D eigenvalue weighted by atomic mass is 79.9. The van der Waals surface area contributed by atoms with Crippen molar-refractivity contribution in [1.29, 1.82) is 0 Å². The molecule has 1 aromatic rings. The SMILES string of the molecule is Cc1cc(Br)nc(Br)c1C. The average molecular weight is 265 g/mol. The molecule has 1 nitrogen and oxygen atoms in total. The summed E-state index contributed by atoms with van der Waals surface area (Å²) < 4.78 is 1.79. The molecule has 0 atom stereocenters. The molecule has 0 N–H and O–H groups in total. The molecule has 1 aromatic heterocycles. The first kappa shape index (κ1) is 8.21. The van der Waals surface area contributed by atoms with E-state index in [1.54, 1.807) is 0 Å². The Morgan fingerprint density at radius 3 is 2.40 bits per heavy atom. The normalized spacial score (nSPS) is 10.0. The second-order valence-corrected chi connectivity index (χ2v) is 3.74. The fourth-order valence-electron chi connectivity index (χ4n) is 0.660. The Hall–Kier alpha value is 0.110. The van der Waals surface area contributed by atoms with Crippen LogP contribution in [0.5, 0.6) is 0 Å². The summed E-state index contributed by atoms with van der Waals surface area (Å²) in [7, 11) is 0. The van der Waals surface area contributed by atoms with Crippen LogP contribution in [0.25, 0.3) is 0 Å². The Labute approximate surface area is 77.1 Å². The molecule has 10 heavy (non-hydrogen) atoms. The standard InChI is InChI=1S/C7H7Br2N/c1-4-3-6(8)10-7(9)5(4)2/h3H,1-2H3. The van der Waals surface area contributed by atoms with Crippen LogP contribution in [0.3, 0.4) is 0 Å². The predicted octanol–water partition coefficient (Wildman–Crippen LogP) is 3.22. The summed E-state index contributed by atoms with van der Waals surface area (Å²) in [4.78, 5) is 4.17. The molecule has 1 heterocycles. The van der Waals surface area contributed by atoms with Gasteiger partial charge in [0.25, 0.3) is 0 Å². The summed E-state index contributed by atoms with van der Waals surface area (Å²) in [6.45, 7) is 4.10. The maximum Gasteiger partial charge on any atom is 0.110 e. The Morgan fingerprint density at radius 1 is 1.30 bits per heavy atom. The lowest BCUT2D eigenvalue weighted by Gasteiger charge is -2.01. The summed E-state index contributed by atoms with van der Waals surface area (Å²) in [6.07, 6.45) is 0. The van der Waals surface area contributed by atoms with Gasteiger partial charge in [0.05, 0.1) is 0 Å². The Kier molecular flexibility index (Phi) is 2.47. The van der Waals surface area contributed by atoms with Crippen molar-refractivity contribution in [1.82, 2.24) is 4.98 Å². The van der Waals surface area contributed by atoms with Gasteiger partial charge in [-0.2, -0.15) is 0 Å². The predicted molar refractivity (Wildman–Crippen MR) is 49.1 cm³/mol. The third kappa shape index (κ3) is 1.58. The molecular formula is C7H7Br2N. The van der Waals surface area contributed by atoms with Gasteiger partial charge in [-0.1, -0.05) is 0 Å². The van der Waals surface area contributed by atoms with Crippen molar-refractivity contribution in [3.8, 4) is 0 Å². The average Bonchev–Trinajstić information content (AvgIpc) is 1.82. The van der Waals surface area contributed by atoms with E-state index in [0.29, 0.717) is 0 Å². The van der Waals surface area contributed by atoms with E-state index < -0.39 is 0 Å². The van der Waals surface area contributed by atoms with Crippen molar-refractivity contribution in [2.24, 2.45) is 0 Å². The van der Waals surface area contributed by atoms with Crippen molar-refractivity contribution >= 4 is 31.9 Å². The molecule has 0 aliphatic rings. The lowest BCUT2D eigenvalue weighted by Crippen LogP contribution is -1.86. The minimum Gasteiger partial charge on any atom is -0.234 e. The van der Waals surface area contributed by atoms with E-state index in [-0.39, 0.29) is 0 Å². The second kappa shape index (κ2) is 3.01. The number of hydrogen-bond acceptors (Lipinski definition) is 1. The number of rotatable bonds is 0. The molecule has 54 valence electrons. The van der Waals surface area contributed by atoms with Crippen molar-refractivity contribution in [2.75, 3.05) is 0 Å². The first-order valence-corrected chi connectivity index (χ1v) is 4.49. The number of aryl methyl sites for hydroxylation is 1. The third-order valence-corrected chi connectivity index (χ3v) is 2.62. The van der Waals surface area contributed by atoms with E-state index in [1.165, 1.54) is 11.1 Å². The molecule has 0 saturated carbocycles. The zero-order chi connectivity index (χ0) is 7.72. The van der Waals surface area contributed by atoms with Crippen LogP contribution >= 0.6 is 31.9 Å². The summed E-state index contributed by atoms with van der Waals surface area (Å²) in [5.74, 6) is 0. The highest BCUT2D eigenvalue weighted by Gasteiger charge is 2.00. The first-order chi connectivity index (χ1) is 4.61. The molecule has 0 spiro atoms. The van der Waals surface area contributed by atoms with Crippen LogP contribution in [0, 0.1) is 13.8 Å². The monoisotopic (exact) mass is 263 g/mol. The van der Waals surface area contributed by atoms with Crippen molar-refractivity contribution in [2.45, 2.75) is 13.8 Å². The number of halogens is 2. The van der Waals surface area contributed by atoms with E-state index in [0.717, 1.165) is 9.21 Å². The quantitative estimate of drug-likeness (QED) is 0.656. The van der Waals surface area contributed by atoms with Crippen LogP contribution in [-0.4, -0.2) is 4.98 Å². The number of pyridine rings is 1. The van der Waals surface area contributed by atoms with Gasteiger partial charge in [-0.25, -0.2) is 4.98 Å². The lowest BCUT2D eigenvalue weighted by atomic mass is 10.2. The van der Waals surface area contributed by atoms with Gasteiger partial charge in [0.2, 0.25) is 0 Å². The highest BCUT2D eigenvalue weighted by Crippen LogP contribution is 2.20. The van der Waals surface area contributed by atoms with Crippen molar-refractivity contribution < 1.29 is 0 Å². The van der Waals surface area contributed by atoms with E-state index in [4.69, 9.17) is 0 Å². The van der Waals surface area contributed by atoms with Crippen LogP contribution in [0.2, 0.25) is 0 Å². The topological polar surface area (TPSA) is 12.9 Å². The molecule has 0 radical (unpaired) electrons. The maximum absolute atomic E-state index is 4.17. The highest BCUT2D eigenvalue weighted by molar-refractivity contribution is 9.11. The molecule has 3 heteroatoms. The Balaban J connectivity index is 3.31. The summed E-state index contributed by atoms with van der Waals surface area (Å²) in [6, 6.07) is 2.00. The van der Waals surface area contributed by atoms with Crippen LogP contribution in [0.1, 0.15) is 11.1 Å². The minimum absolute atomic E-state index is 0.877. The molecule has 0 amide bonds. The Morgan fingerprint density at radius 2 is 1.90 bits per heavy atom. The first-order valence-electron chi connectivity index (χ1n) is 2.90. The van der Waals surface area contributed by atoms with Gasteiger partial charge in [-0.05, 0) is 62.9 Å². The van der Waals surface area contributed by atoms with Crippen LogP contribution in [-0.2, 0) is 0 Å². The fourth-order valence-corrected chi connectivity index (χ4v) is 1.92. The second-order valence-electron chi connectivity index (χ2n) is 2.18. The van der Waals surface area contributed by atoms with E-state index in [1.807, 2.05) is 13.0 Å². The number of aromatic nitrogens is 1. The number of hydrogen-bond donors (Lipinski definition) is 0. The van der Waals surface area contributed by atoms with Crippen LogP contribution in [0.4, 0.5) is 0 Å². The van der Waals surface area contributed by atoms with E-state index in [2.05, 4.69) is 43.8 Å². The van der Waals surface area contributed by atoms with Gasteiger partial charge < -0.3 is 0 Å². The van der Waals surface area contributed by atoms with Gasteiger partial charge in [0.15, 0.2) is 0 Å². The fraction of sp³-hybridized carbons (Fsp3) is 0.286. The van der Waals surface area contributed by atoms with Crippen LogP contribution in [0.15, 0.2) is 15.3 Å². The van der Waals surface area contributed by atoms with E-state index in [9.17, 15) is 0 Å². The molecule has 0 aliphatic carbocycles. The molecule has 0 aromatic carbocycles. The molecule has 0 bridgehead atoms. The molecule has 0 saturated heterocycles. The molecule has 0 unspecified atom stereocenters. The lowest BCUT2D eigenvalue weighted by molar-refractivity contribution is 1.14. The largest absolute Gasteiger partial charge is 0.234 e. The maximum atomic E-state index is 4.17. The van der Waals surface area contributed by atoms with Crippen molar-refractivity contribution in [3.05, 3.63) is 26.4 Å². The number of nitrogens with zero attached hydrogens (tertiary/aromatic N) is 1. The van der Waals surface area contributed by atoms with Gasteiger partial charge in [-0.15, -0.1) is 0 Å². The summed E-state index contributed by atoms with van der Waals surface area (Å²) >= 11 is 6.66. The minimum atomic E-state index is 0.877. The van der Waals surface area contributed by atoms with E-state index >= 15 is 0 Å². The smallest absolute Gasteiger partial charge is 0.110 e. The van der Waals surface area contributed by atoms with Crippen molar-refractivity contribution in [3.63, 3.8) is 0 Å². The third-order valence-electron chi connectivity index (χ3n) is 1.44. The summed E-state index contributed by atoms with van der Waals surface area (Å²) in [5, 5.41) is 0.